The molecule has 0 aliphatic carbocycles. The number of hydrogen-bond acceptors (Lipinski definition) is 3. The van der Waals surface area contributed by atoms with Gasteiger partial charge in [-0.15, -0.1) is 0 Å². The van der Waals surface area contributed by atoms with Gasteiger partial charge in [-0.05, 0) is 5.92 Å². The highest BCUT2D eigenvalue weighted by Gasteiger charge is 2.33. The van der Waals surface area contributed by atoms with Crippen molar-refractivity contribution in [3.8, 4) is 0 Å². The van der Waals surface area contributed by atoms with Gasteiger partial charge in [0.2, 0.25) is 0 Å². The van der Waals surface area contributed by atoms with Crippen LogP contribution in [0.3, 0.4) is 0 Å². The number of hydrogen-bond donors (Lipinski definition) is 3. The van der Waals surface area contributed by atoms with Gasteiger partial charge in [0.15, 0.2) is 0 Å². The minimum absolute atomic E-state index is 0.141. The first-order valence-corrected chi connectivity index (χ1v) is 3.99. The fourth-order valence-electron chi connectivity index (χ4n) is 1.05. The normalized spacial score (nSPS) is 15.0. The fraction of sp³-hybridized carbons (Fsp3) is 1.00. The molecule has 0 aliphatic heterocycles. The zero-order valence-electron chi connectivity index (χ0n) is 7.25. The predicted molar refractivity (Wildman–Crippen MR) is 43.1 cm³/mol. The number of aliphatic hydroxyl groups excluding tert-OH is 3. The molecule has 0 aromatic rings. The topological polar surface area (TPSA) is 60.7 Å². The molecule has 3 nitrogen and oxygen atoms in total. The molecule has 0 aromatic carbocycles. The van der Waals surface area contributed by atoms with Crippen LogP contribution in [0.15, 0.2) is 0 Å². The summed E-state index contributed by atoms with van der Waals surface area (Å²) in [6.07, 6.45) is 0.849. The molecule has 0 aromatic heterocycles. The van der Waals surface area contributed by atoms with Crippen LogP contribution in [0.4, 0.5) is 0 Å². The van der Waals surface area contributed by atoms with Crippen LogP contribution in [-0.4, -0.2) is 35.1 Å². The van der Waals surface area contributed by atoms with Crippen molar-refractivity contribution in [2.75, 3.05) is 19.8 Å². The Balaban J connectivity index is 4.26. The van der Waals surface area contributed by atoms with E-state index in [4.69, 9.17) is 15.3 Å². The molecule has 0 saturated carbocycles. The van der Waals surface area contributed by atoms with Gasteiger partial charge in [-0.25, -0.2) is 0 Å². The summed E-state index contributed by atoms with van der Waals surface area (Å²) < 4.78 is 0. The molecule has 0 heterocycles. The Morgan fingerprint density at radius 2 is 1.45 bits per heavy atom. The summed E-state index contributed by atoms with van der Waals surface area (Å²) in [6, 6.07) is 0. The molecule has 0 amide bonds. The standard InChI is InChI=1S/C8H18O3/c1-3-7(2)8(4-9,5-10)6-11/h7,9-11H,3-6H2,1-2H3. The van der Waals surface area contributed by atoms with Gasteiger partial charge in [-0.1, -0.05) is 20.3 Å². The highest BCUT2D eigenvalue weighted by atomic mass is 16.3. The van der Waals surface area contributed by atoms with Gasteiger partial charge in [-0.2, -0.15) is 0 Å². The highest BCUT2D eigenvalue weighted by molar-refractivity contribution is 4.81. The molecule has 0 bridgehead atoms. The van der Waals surface area contributed by atoms with E-state index in [1.54, 1.807) is 0 Å². The Morgan fingerprint density at radius 3 is 1.55 bits per heavy atom. The molecule has 11 heavy (non-hydrogen) atoms. The van der Waals surface area contributed by atoms with Gasteiger partial charge in [0, 0.05) is 5.41 Å². The second-order valence-corrected chi connectivity index (χ2v) is 3.15. The van der Waals surface area contributed by atoms with Crippen molar-refractivity contribution in [3.63, 3.8) is 0 Å². The van der Waals surface area contributed by atoms with Gasteiger partial charge in [0.05, 0.1) is 19.8 Å². The quantitative estimate of drug-likeness (QED) is 0.533. The first kappa shape index (κ1) is 10.9. The molecule has 0 fully saturated rings. The zero-order chi connectivity index (χ0) is 8.91. The molecular formula is C8H18O3. The SMILES string of the molecule is CCC(C)C(CO)(CO)CO. The summed E-state index contributed by atoms with van der Waals surface area (Å²) in [5.41, 5.74) is -0.700. The van der Waals surface area contributed by atoms with Gasteiger partial charge < -0.3 is 15.3 Å². The lowest BCUT2D eigenvalue weighted by atomic mass is 9.77. The van der Waals surface area contributed by atoms with Crippen molar-refractivity contribution >= 4 is 0 Å². The van der Waals surface area contributed by atoms with Crippen molar-refractivity contribution in [1.82, 2.24) is 0 Å². The molecule has 0 spiro atoms. The lowest BCUT2D eigenvalue weighted by Crippen LogP contribution is -2.40. The average Bonchev–Trinajstić information content (AvgIpc) is 2.08. The van der Waals surface area contributed by atoms with E-state index in [1.807, 2.05) is 13.8 Å². The van der Waals surface area contributed by atoms with E-state index in [1.165, 1.54) is 0 Å². The molecule has 1 unspecified atom stereocenters. The average molecular weight is 162 g/mol. The molecule has 0 rings (SSSR count). The minimum atomic E-state index is -0.700. The van der Waals surface area contributed by atoms with Gasteiger partial charge in [0.1, 0.15) is 0 Å². The monoisotopic (exact) mass is 162 g/mol. The van der Waals surface area contributed by atoms with E-state index in [0.717, 1.165) is 6.42 Å². The maximum Gasteiger partial charge on any atom is 0.0534 e. The van der Waals surface area contributed by atoms with E-state index in [2.05, 4.69) is 0 Å². The van der Waals surface area contributed by atoms with Crippen LogP contribution in [0.25, 0.3) is 0 Å². The van der Waals surface area contributed by atoms with Gasteiger partial charge >= 0.3 is 0 Å². The second kappa shape index (κ2) is 4.70. The third kappa shape index (κ3) is 2.15. The fourth-order valence-corrected chi connectivity index (χ4v) is 1.05. The predicted octanol–water partition coefficient (Wildman–Crippen LogP) is -0.00420. The molecule has 68 valence electrons. The van der Waals surface area contributed by atoms with Crippen LogP contribution in [0, 0.1) is 11.3 Å². The van der Waals surface area contributed by atoms with E-state index in [0.29, 0.717) is 0 Å². The maximum atomic E-state index is 8.96. The first-order chi connectivity index (χ1) is 5.16. The molecule has 3 heteroatoms. The highest BCUT2D eigenvalue weighted by Crippen LogP contribution is 2.28. The van der Waals surface area contributed by atoms with Crippen LogP contribution >= 0.6 is 0 Å². The van der Waals surface area contributed by atoms with Crippen molar-refractivity contribution in [1.29, 1.82) is 0 Å². The lowest BCUT2D eigenvalue weighted by Gasteiger charge is -2.33. The molecule has 1 atom stereocenters. The Bertz CT molecular complexity index is 91.2. The number of aliphatic hydroxyl groups is 3. The second-order valence-electron chi connectivity index (χ2n) is 3.15. The smallest absolute Gasteiger partial charge is 0.0534 e. The van der Waals surface area contributed by atoms with Crippen molar-refractivity contribution < 1.29 is 15.3 Å². The van der Waals surface area contributed by atoms with Crippen LogP contribution in [-0.2, 0) is 0 Å². The van der Waals surface area contributed by atoms with Crippen LogP contribution in [0.2, 0.25) is 0 Å². The molecule has 3 N–H and O–H groups in total. The van der Waals surface area contributed by atoms with E-state index < -0.39 is 5.41 Å². The Hall–Kier alpha value is -0.120. The largest absolute Gasteiger partial charge is 0.396 e. The third-order valence-corrected chi connectivity index (χ3v) is 2.60. The van der Waals surface area contributed by atoms with E-state index in [-0.39, 0.29) is 25.7 Å². The zero-order valence-corrected chi connectivity index (χ0v) is 7.25. The lowest BCUT2D eigenvalue weighted by molar-refractivity contribution is -0.0342. The van der Waals surface area contributed by atoms with E-state index >= 15 is 0 Å². The van der Waals surface area contributed by atoms with Crippen molar-refractivity contribution in [2.45, 2.75) is 20.3 Å². The molecule has 0 radical (unpaired) electrons. The van der Waals surface area contributed by atoms with Crippen molar-refractivity contribution in [2.24, 2.45) is 11.3 Å². The summed E-state index contributed by atoms with van der Waals surface area (Å²) >= 11 is 0. The summed E-state index contributed by atoms with van der Waals surface area (Å²) in [4.78, 5) is 0. The van der Waals surface area contributed by atoms with Gasteiger partial charge in [0.25, 0.3) is 0 Å². The Kier molecular flexibility index (Phi) is 4.65. The minimum Gasteiger partial charge on any atom is -0.396 e. The molecule has 0 aliphatic rings. The Labute approximate surface area is 67.7 Å². The summed E-state index contributed by atoms with van der Waals surface area (Å²) in [5.74, 6) is 0.141. The summed E-state index contributed by atoms with van der Waals surface area (Å²) in [7, 11) is 0. The molecule has 0 saturated heterocycles. The summed E-state index contributed by atoms with van der Waals surface area (Å²) in [5, 5.41) is 26.9. The first-order valence-electron chi connectivity index (χ1n) is 3.99. The summed E-state index contributed by atoms with van der Waals surface area (Å²) in [6.45, 7) is 3.42. The van der Waals surface area contributed by atoms with E-state index in [9.17, 15) is 0 Å². The maximum absolute atomic E-state index is 8.96. The van der Waals surface area contributed by atoms with Gasteiger partial charge in [-0.3, -0.25) is 0 Å². The number of rotatable bonds is 5. The Morgan fingerprint density at radius 1 is 1.09 bits per heavy atom. The van der Waals surface area contributed by atoms with Crippen LogP contribution < -0.4 is 0 Å². The third-order valence-electron chi connectivity index (χ3n) is 2.60. The van der Waals surface area contributed by atoms with Crippen molar-refractivity contribution in [3.05, 3.63) is 0 Å². The molecular weight excluding hydrogens is 144 g/mol. The van der Waals surface area contributed by atoms with Crippen LogP contribution in [0.1, 0.15) is 20.3 Å². The van der Waals surface area contributed by atoms with Crippen LogP contribution in [0.5, 0.6) is 0 Å².